The lowest BCUT2D eigenvalue weighted by atomic mass is 9.97. The number of ether oxygens (including phenoxy) is 4. The maximum atomic E-state index is 6.56. The van der Waals surface area contributed by atoms with Crippen LogP contribution in [0.5, 0.6) is 46.0 Å². The van der Waals surface area contributed by atoms with Crippen LogP contribution in [-0.4, -0.2) is 0 Å². The second-order valence-corrected chi connectivity index (χ2v) is 30.3. The number of fused-ring (bicyclic) bond motifs is 8. The zero-order chi connectivity index (χ0) is 78.8. The highest BCUT2D eigenvalue weighted by atomic mass is 79.9. The van der Waals surface area contributed by atoms with Crippen molar-refractivity contribution in [3.05, 3.63) is 447 Å². The molecule has 0 spiro atoms. The summed E-state index contributed by atoms with van der Waals surface area (Å²) in [6.07, 6.45) is 0. The van der Waals surface area contributed by atoms with E-state index in [1.807, 2.05) is 72.8 Å². The molecule has 18 aromatic rings. The van der Waals surface area contributed by atoms with E-state index in [0.29, 0.717) is 0 Å². The molecule has 0 fully saturated rings. The van der Waals surface area contributed by atoms with E-state index < -0.39 is 0 Å². The van der Waals surface area contributed by atoms with Gasteiger partial charge in [0.15, 0.2) is 46.0 Å². The summed E-state index contributed by atoms with van der Waals surface area (Å²) in [5.41, 5.74) is 30.1. The Morgan fingerprint density at radius 2 is 0.412 bits per heavy atom. The first-order valence-electron chi connectivity index (χ1n) is 39.6. The molecule has 0 aromatic heterocycles. The van der Waals surface area contributed by atoms with Gasteiger partial charge in [0.2, 0.25) is 0 Å². The van der Waals surface area contributed by atoms with Gasteiger partial charge in [-0.05, 0) is 254 Å². The van der Waals surface area contributed by atoms with E-state index in [4.69, 9.17) is 18.9 Å². The van der Waals surface area contributed by atoms with Crippen molar-refractivity contribution >= 4 is 84.2 Å². The number of anilines is 12. The van der Waals surface area contributed by atoms with Crippen molar-refractivity contribution in [3.8, 4) is 124 Å². The molecular weight excluding hydrogens is 1520 g/mol. The average Bonchev–Trinajstić information content (AvgIpc) is 0.719. The summed E-state index contributed by atoms with van der Waals surface area (Å²) >= 11 is 3.60. The molecular formula is C110H79BrN4O4. The van der Waals surface area contributed by atoms with Gasteiger partial charge in [0, 0.05) is 38.6 Å². The van der Waals surface area contributed by atoms with Crippen molar-refractivity contribution in [2.45, 2.75) is 14.4 Å². The van der Waals surface area contributed by atoms with E-state index >= 15 is 0 Å². The smallest absolute Gasteiger partial charge is 0.156 e. The van der Waals surface area contributed by atoms with Gasteiger partial charge >= 0.3 is 0 Å². The van der Waals surface area contributed by atoms with Crippen LogP contribution in [0.3, 0.4) is 0 Å². The number of rotatable bonds is 13. The molecule has 22 rings (SSSR count). The second kappa shape index (κ2) is 32.6. The molecule has 0 saturated carbocycles. The molecule has 0 unspecified atom stereocenters. The molecule has 0 radical (unpaired) electrons. The molecule has 18 aromatic carbocycles. The lowest BCUT2D eigenvalue weighted by Gasteiger charge is -2.38. The molecule has 0 aliphatic carbocycles. The first-order valence-corrected chi connectivity index (χ1v) is 40.4. The highest BCUT2D eigenvalue weighted by Gasteiger charge is 2.37. The predicted molar refractivity (Wildman–Crippen MR) is 496 cm³/mol. The van der Waals surface area contributed by atoms with Gasteiger partial charge in [0.1, 0.15) is 11.4 Å². The summed E-state index contributed by atoms with van der Waals surface area (Å²) < 4.78 is 26.4. The fourth-order valence-corrected chi connectivity index (χ4v) is 16.5. The summed E-state index contributed by atoms with van der Waals surface area (Å²) in [6, 6.07) is 153. The van der Waals surface area contributed by atoms with Crippen molar-refractivity contribution in [1.82, 2.24) is 0 Å². The summed E-state index contributed by atoms with van der Waals surface area (Å²) in [6.45, 7) is 2.05. The minimum Gasteiger partial charge on any atom is -0.453 e. The molecule has 8 nitrogen and oxygen atoms in total. The van der Waals surface area contributed by atoms with Crippen LogP contribution in [0.25, 0.3) is 77.9 Å². The first kappa shape index (κ1) is 74.0. The molecule has 0 saturated heterocycles. The van der Waals surface area contributed by atoms with Crippen LogP contribution in [0.1, 0.15) is 13.0 Å². The van der Waals surface area contributed by atoms with E-state index in [1.54, 1.807) is 0 Å². The molecule has 0 amide bonds. The van der Waals surface area contributed by atoms with Gasteiger partial charge in [0.05, 0.1) is 22.7 Å². The van der Waals surface area contributed by atoms with Gasteiger partial charge in [-0.1, -0.05) is 296 Å². The maximum absolute atomic E-state index is 6.56. The van der Waals surface area contributed by atoms with Gasteiger partial charge in [-0.15, -0.1) is 0 Å². The molecule has 4 aliphatic heterocycles. The standard InChI is InChI=1S/C54H36N2O2.C36H26BrN.C19H13NO2.CH4/c1-3-12-37(13-4-1)39-22-28-45(29-23-39)55(46-30-24-40(25-31-46)38-14-5-2-6-15-38)47-32-26-41(27-33-47)42-16-11-17-43(34-42)44-35-52-54-53(36-44)58-51-21-10-8-19-49(51)56(54)48-18-7-9-20-50(48)57-52;37-33-13-7-12-32(26-33)31-18-24-36(25-19-31)38(34-20-14-29(15-21-34)27-8-3-1-4-9-27)35-22-16-30(17-23-35)28-10-5-2-6-11-28;1-12-10-17-19-18(11-12)22-16-9-5-3-7-14(16)20(19)13-6-2-4-8-15(13)21-17;/h1-36H;1-26H;2-11H,1H3;1H4. The Bertz CT molecular complexity index is 6370. The molecule has 0 N–H and O–H groups in total. The number of halogens is 1. The third-order valence-corrected chi connectivity index (χ3v) is 22.3. The number of hydrogen-bond acceptors (Lipinski definition) is 8. The lowest BCUT2D eigenvalue weighted by Crippen LogP contribution is -2.20. The third kappa shape index (κ3) is 14.9. The Labute approximate surface area is 702 Å². The highest BCUT2D eigenvalue weighted by Crippen LogP contribution is 2.62. The number of para-hydroxylation sites is 8. The Hall–Kier alpha value is -15.2. The Balaban J connectivity index is 0.000000131. The van der Waals surface area contributed by atoms with Crippen LogP contribution in [0, 0.1) is 6.92 Å². The topological polar surface area (TPSA) is 49.9 Å². The van der Waals surface area contributed by atoms with Crippen LogP contribution < -0.4 is 38.5 Å². The van der Waals surface area contributed by atoms with E-state index in [2.05, 4.69) is 406 Å². The average molecular weight is 1600 g/mol. The van der Waals surface area contributed by atoms with Crippen LogP contribution in [0.4, 0.5) is 68.2 Å². The number of benzene rings is 18. The fourth-order valence-electron chi connectivity index (χ4n) is 16.1. The van der Waals surface area contributed by atoms with Gasteiger partial charge in [-0.25, -0.2) is 0 Å². The first-order chi connectivity index (χ1) is 58.3. The van der Waals surface area contributed by atoms with E-state index in [-0.39, 0.29) is 7.43 Å². The fraction of sp³-hybridized carbons (Fsp3) is 0.0182. The quantitative estimate of drug-likeness (QED) is 0.113. The number of nitrogens with zero attached hydrogens (tertiary/aromatic N) is 4. The Morgan fingerprint density at radius 3 is 0.697 bits per heavy atom. The summed E-state index contributed by atoms with van der Waals surface area (Å²) in [5, 5.41) is 0. The normalized spacial score (nSPS) is 11.8. The zero-order valence-electron chi connectivity index (χ0n) is 64.4. The van der Waals surface area contributed by atoms with Crippen LogP contribution in [-0.2, 0) is 0 Å². The molecule has 4 heterocycles. The molecule has 4 aliphatic rings. The Kier molecular flexibility index (Phi) is 20.3. The van der Waals surface area contributed by atoms with Crippen molar-refractivity contribution in [2.75, 3.05) is 19.6 Å². The van der Waals surface area contributed by atoms with E-state index in [1.165, 1.54) is 55.6 Å². The van der Waals surface area contributed by atoms with Crippen LogP contribution >= 0.6 is 15.9 Å². The maximum Gasteiger partial charge on any atom is 0.156 e. The van der Waals surface area contributed by atoms with Crippen LogP contribution in [0.2, 0.25) is 0 Å². The largest absolute Gasteiger partial charge is 0.453 e. The summed E-state index contributed by atoms with van der Waals surface area (Å²) in [5.74, 6) is 6.57. The van der Waals surface area contributed by atoms with Crippen LogP contribution in [0.15, 0.2) is 441 Å². The SMILES string of the molecule is Brc1cccc(-c2ccc(N(c3ccc(-c4ccccc4)cc3)c3ccc(-c4ccccc4)cc3)cc2)c1.C.Cc1cc2c3c(c1)Oc1ccccc1N3c1ccccc1O2.c1ccc(-c2ccc(N(c3ccc(-c4ccccc4)cc3)c3ccc(-c4cccc(-c5cc6c7c(c5)Oc5ccccc5N7c5ccccc5O6)c4)cc3)cc2)cc1. The summed E-state index contributed by atoms with van der Waals surface area (Å²) in [7, 11) is 0. The molecule has 119 heavy (non-hydrogen) atoms. The van der Waals surface area contributed by atoms with Gasteiger partial charge in [-0.3, -0.25) is 9.80 Å². The minimum absolute atomic E-state index is 0. The molecule has 570 valence electrons. The van der Waals surface area contributed by atoms with Crippen molar-refractivity contribution < 1.29 is 18.9 Å². The van der Waals surface area contributed by atoms with E-state index in [9.17, 15) is 0 Å². The van der Waals surface area contributed by atoms with Crippen molar-refractivity contribution in [2.24, 2.45) is 0 Å². The monoisotopic (exact) mass is 1600 g/mol. The van der Waals surface area contributed by atoms with Crippen molar-refractivity contribution in [1.29, 1.82) is 0 Å². The Morgan fingerprint density at radius 1 is 0.193 bits per heavy atom. The molecule has 0 atom stereocenters. The van der Waals surface area contributed by atoms with Gasteiger partial charge < -0.3 is 28.7 Å². The number of aryl methyl sites for hydroxylation is 1. The second-order valence-electron chi connectivity index (χ2n) is 29.4. The van der Waals surface area contributed by atoms with E-state index in [0.717, 1.165) is 147 Å². The van der Waals surface area contributed by atoms with Gasteiger partial charge in [0.25, 0.3) is 0 Å². The zero-order valence-corrected chi connectivity index (χ0v) is 66.0. The van der Waals surface area contributed by atoms with Gasteiger partial charge in [-0.2, -0.15) is 0 Å². The molecule has 9 heteroatoms. The van der Waals surface area contributed by atoms with Crippen molar-refractivity contribution in [3.63, 3.8) is 0 Å². The lowest BCUT2D eigenvalue weighted by molar-refractivity contribution is 0.445. The number of hydrogen-bond donors (Lipinski definition) is 0. The summed E-state index contributed by atoms with van der Waals surface area (Å²) in [4.78, 5) is 9.11. The minimum atomic E-state index is 0. The predicted octanol–water partition coefficient (Wildman–Crippen LogP) is 32.7. The highest BCUT2D eigenvalue weighted by molar-refractivity contribution is 9.10. The third-order valence-electron chi connectivity index (χ3n) is 21.8. The molecule has 0 bridgehead atoms.